The van der Waals surface area contributed by atoms with Crippen molar-refractivity contribution in [2.24, 2.45) is 5.92 Å². The van der Waals surface area contributed by atoms with Crippen LogP contribution < -0.4 is 4.90 Å². The van der Waals surface area contributed by atoms with E-state index >= 15 is 0 Å². The number of nitrogens with zero attached hydrogens (tertiary/aromatic N) is 4. The second-order valence-electron chi connectivity index (χ2n) is 7.18. The van der Waals surface area contributed by atoms with E-state index in [0.717, 1.165) is 12.0 Å². The van der Waals surface area contributed by atoms with Gasteiger partial charge in [-0.2, -0.15) is 5.26 Å². The zero-order valence-corrected chi connectivity index (χ0v) is 15.7. The molecular weight excluding hydrogens is 343 g/mol. The quantitative estimate of drug-likeness (QED) is 0.833. The average molecular weight is 366 g/mol. The highest BCUT2D eigenvalue weighted by Gasteiger charge is 2.25. The highest BCUT2D eigenvalue weighted by atomic mass is 19.1. The van der Waals surface area contributed by atoms with Gasteiger partial charge >= 0.3 is 0 Å². The van der Waals surface area contributed by atoms with Crippen LogP contribution in [0.15, 0.2) is 36.5 Å². The van der Waals surface area contributed by atoms with Crippen molar-refractivity contribution in [3.8, 4) is 6.07 Å². The Kier molecular flexibility index (Phi) is 5.70. The number of carbonyl (C=O) groups excluding carboxylic acids is 1. The third-order valence-corrected chi connectivity index (χ3v) is 4.68. The predicted molar refractivity (Wildman–Crippen MR) is 102 cm³/mol. The van der Waals surface area contributed by atoms with E-state index in [9.17, 15) is 14.4 Å². The largest absolute Gasteiger partial charge is 0.367 e. The van der Waals surface area contributed by atoms with E-state index < -0.39 is 5.82 Å². The first kappa shape index (κ1) is 18.8. The van der Waals surface area contributed by atoms with Crippen molar-refractivity contribution in [3.05, 3.63) is 59.2 Å². The van der Waals surface area contributed by atoms with Gasteiger partial charge in [-0.1, -0.05) is 19.9 Å². The maximum atomic E-state index is 14.4. The van der Waals surface area contributed by atoms with Crippen LogP contribution in [0, 0.1) is 23.1 Å². The van der Waals surface area contributed by atoms with Gasteiger partial charge in [-0.3, -0.25) is 9.78 Å². The lowest BCUT2D eigenvalue weighted by Crippen LogP contribution is -2.49. The van der Waals surface area contributed by atoms with Gasteiger partial charge in [0.2, 0.25) is 0 Å². The van der Waals surface area contributed by atoms with Crippen LogP contribution in [0.4, 0.5) is 10.1 Å². The Labute approximate surface area is 159 Å². The van der Waals surface area contributed by atoms with Crippen LogP contribution in [0.5, 0.6) is 0 Å². The highest BCUT2D eigenvalue weighted by molar-refractivity contribution is 5.92. The molecule has 0 unspecified atom stereocenters. The van der Waals surface area contributed by atoms with Gasteiger partial charge in [-0.25, -0.2) is 4.39 Å². The fourth-order valence-corrected chi connectivity index (χ4v) is 3.40. The summed E-state index contributed by atoms with van der Waals surface area (Å²) >= 11 is 0. The number of piperazine rings is 1. The molecule has 0 spiro atoms. The number of anilines is 1. The topological polar surface area (TPSA) is 60.2 Å². The van der Waals surface area contributed by atoms with Crippen LogP contribution in [-0.2, 0) is 6.42 Å². The van der Waals surface area contributed by atoms with Crippen molar-refractivity contribution in [3.63, 3.8) is 0 Å². The number of carbonyl (C=O) groups is 1. The van der Waals surface area contributed by atoms with Crippen molar-refractivity contribution in [1.82, 2.24) is 9.88 Å². The lowest BCUT2D eigenvalue weighted by molar-refractivity contribution is 0.0741. The highest BCUT2D eigenvalue weighted by Crippen LogP contribution is 2.27. The molecular formula is C21H23FN4O. The minimum Gasteiger partial charge on any atom is -0.367 e. The van der Waals surface area contributed by atoms with E-state index in [0.29, 0.717) is 43.5 Å². The Morgan fingerprint density at radius 2 is 2.00 bits per heavy atom. The molecule has 1 amide bonds. The van der Waals surface area contributed by atoms with Gasteiger partial charge in [0.15, 0.2) is 0 Å². The third kappa shape index (κ3) is 4.25. The first-order valence-corrected chi connectivity index (χ1v) is 9.17. The molecule has 1 aromatic heterocycles. The van der Waals surface area contributed by atoms with E-state index in [1.807, 2.05) is 17.0 Å². The standard InChI is InChI=1S/C21H23FN4O/c1-15(2)11-16-12-18(22)17(14-23)20(13-16)25-7-9-26(10-8-25)21(27)19-5-3-4-6-24-19/h3-6,12-13,15H,7-11H2,1-2H3. The lowest BCUT2D eigenvalue weighted by Gasteiger charge is -2.36. The predicted octanol–water partition coefficient (Wildman–Crippen LogP) is 3.25. The fourth-order valence-electron chi connectivity index (χ4n) is 3.40. The Morgan fingerprint density at radius 1 is 1.26 bits per heavy atom. The molecule has 1 saturated heterocycles. The number of pyridine rings is 1. The first-order valence-electron chi connectivity index (χ1n) is 9.17. The van der Waals surface area contributed by atoms with Gasteiger partial charge in [-0.05, 0) is 42.2 Å². The molecule has 6 heteroatoms. The second kappa shape index (κ2) is 8.17. The number of rotatable bonds is 4. The SMILES string of the molecule is CC(C)Cc1cc(F)c(C#N)c(N2CCN(C(=O)c3ccccn3)CC2)c1. The summed E-state index contributed by atoms with van der Waals surface area (Å²) in [6.45, 7) is 6.29. The molecule has 1 fully saturated rings. The first-order chi connectivity index (χ1) is 13.0. The summed E-state index contributed by atoms with van der Waals surface area (Å²) in [6, 6.07) is 10.6. The van der Waals surface area contributed by atoms with Crippen LogP contribution in [0.3, 0.4) is 0 Å². The van der Waals surface area contributed by atoms with E-state index in [-0.39, 0.29) is 11.5 Å². The molecule has 0 saturated carbocycles. The lowest BCUT2D eigenvalue weighted by atomic mass is 9.99. The number of nitriles is 1. The van der Waals surface area contributed by atoms with Gasteiger partial charge in [0.25, 0.3) is 5.91 Å². The number of hydrogen-bond donors (Lipinski definition) is 0. The smallest absolute Gasteiger partial charge is 0.272 e. The van der Waals surface area contributed by atoms with Crippen LogP contribution in [-0.4, -0.2) is 42.0 Å². The van der Waals surface area contributed by atoms with Crippen molar-refractivity contribution < 1.29 is 9.18 Å². The van der Waals surface area contributed by atoms with Crippen molar-refractivity contribution in [2.75, 3.05) is 31.1 Å². The number of hydrogen-bond acceptors (Lipinski definition) is 4. The Hall–Kier alpha value is -2.94. The summed E-state index contributed by atoms with van der Waals surface area (Å²) in [5.41, 5.74) is 2.02. The molecule has 0 bridgehead atoms. The molecule has 0 radical (unpaired) electrons. The average Bonchev–Trinajstić information content (AvgIpc) is 2.67. The second-order valence-corrected chi connectivity index (χ2v) is 7.18. The minimum absolute atomic E-state index is 0.0759. The van der Waals surface area contributed by atoms with E-state index in [2.05, 4.69) is 18.8 Å². The molecule has 0 atom stereocenters. The maximum absolute atomic E-state index is 14.4. The van der Waals surface area contributed by atoms with E-state index in [1.54, 1.807) is 29.3 Å². The molecule has 2 heterocycles. The Morgan fingerprint density at radius 3 is 2.59 bits per heavy atom. The van der Waals surface area contributed by atoms with Crippen LogP contribution in [0.2, 0.25) is 0 Å². The molecule has 1 aromatic carbocycles. The summed E-state index contributed by atoms with van der Waals surface area (Å²) in [7, 11) is 0. The van der Waals surface area contributed by atoms with Gasteiger partial charge in [0, 0.05) is 32.4 Å². The maximum Gasteiger partial charge on any atom is 0.272 e. The summed E-state index contributed by atoms with van der Waals surface area (Å²) in [6.07, 6.45) is 2.36. The van der Waals surface area contributed by atoms with Gasteiger partial charge < -0.3 is 9.80 Å². The third-order valence-electron chi connectivity index (χ3n) is 4.68. The molecule has 5 nitrogen and oxygen atoms in total. The summed E-state index contributed by atoms with van der Waals surface area (Å²) < 4.78 is 14.4. The molecule has 0 aliphatic carbocycles. The van der Waals surface area contributed by atoms with Crippen LogP contribution >= 0.6 is 0 Å². The Bertz CT molecular complexity index is 852. The molecule has 3 rings (SSSR count). The molecule has 27 heavy (non-hydrogen) atoms. The monoisotopic (exact) mass is 366 g/mol. The molecule has 2 aromatic rings. The van der Waals surface area contributed by atoms with Crippen molar-refractivity contribution in [1.29, 1.82) is 5.26 Å². The normalized spacial score (nSPS) is 14.3. The Balaban J connectivity index is 1.76. The minimum atomic E-state index is -0.474. The number of aromatic nitrogens is 1. The van der Waals surface area contributed by atoms with Crippen LogP contribution in [0.25, 0.3) is 0 Å². The number of benzene rings is 1. The van der Waals surface area contributed by atoms with Crippen molar-refractivity contribution in [2.45, 2.75) is 20.3 Å². The number of halogens is 1. The summed E-state index contributed by atoms with van der Waals surface area (Å²) in [4.78, 5) is 20.4. The summed E-state index contributed by atoms with van der Waals surface area (Å²) in [5, 5.41) is 9.40. The van der Waals surface area contributed by atoms with Gasteiger partial charge in [0.05, 0.1) is 5.69 Å². The molecule has 1 aliphatic rings. The number of amides is 1. The van der Waals surface area contributed by atoms with Crippen LogP contribution in [0.1, 0.15) is 35.5 Å². The molecule has 140 valence electrons. The van der Waals surface area contributed by atoms with Crippen molar-refractivity contribution >= 4 is 11.6 Å². The van der Waals surface area contributed by atoms with Gasteiger partial charge in [0.1, 0.15) is 23.1 Å². The fraction of sp³-hybridized carbons (Fsp3) is 0.381. The summed E-state index contributed by atoms with van der Waals surface area (Å²) in [5.74, 6) is -0.175. The van der Waals surface area contributed by atoms with Gasteiger partial charge in [-0.15, -0.1) is 0 Å². The molecule has 0 N–H and O–H groups in total. The zero-order chi connectivity index (χ0) is 19.4. The zero-order valence-electron chi connectivity index (χ0n) is 15.7. The molecule has 1 aliphatic heterocycles. The van der Waals surface area contributed by atoms with E-state index in [1.165, 1.54) is 6.07 Å². The van der Waals surface area contributed by atoms with E-state index in [4.69, 9.17) is 0 Å².